The van der Waals surface area contributed by atoms with Crippen LogP contribution in [0.1, 0.15) is 29.5 Å². The van der Waals surface area contributed by atoms with Gasteiger partial charge in [0.15, 0.2) is 15.1 Å². The number of benzene rings is 2. The molecule has 10 nitrogen and oxygen atoms in total. The lowest BCUT2D eigenvalue weighted by molar-refractivity contribution is -0.130. The second-order valence-corrected chi connectivity index (χ2v) is 12.4. The van der Waals surface area contributed by atoms with Gasteiger partial charge >= 0.3 is 6.18 Å². The topological polar surface area (TPSA) is 158 Å². The van der Waals surface area contributed by atoms with Gasteiger partial charge < -0.3 is 10.6 Å². The van der Waals surface area contributed by atoms with E-state index >= 15 is 4.39 Å². The third-order valence-electron chi connectivity index (χ3n) is 5.97. The Kier molecular flexibility index (Phi) is 8.41. The minimum atomic E-state index is -4.79. The number of amides is 2. The number of anilines is 1. The largest absolute Gasteiger partial charge is 0.390 e. The van der Waals surface area contributed by atoms with Gasteiger partial charge in [-0.25, -0.2) is 23.6 Å². The lowest BCUT2D eigenvalue weighted by Gasteiger charge is -2.16. The number of sulfone groups is 1. The molecule has 0 bridgehead atoms. The molecule has 1 aliphatic carbocycles. The van der Waals surface area contributed by atoms with Crippen LogP contribution < -0.4 is 21.5 Å². The van der Waals surface area contributed by atoms with Crippen molar-refractivity contribution in [1.29, 1.82) is 5.41 Å². The van der Waals surface area contributed by atoms with Crippen molar-refractivity contribution in [2.75, 3.05) is 17.3 Å². The number of nitrogens with zero attached hydrogens (tertiary/aromatic N) is 2. The summed E-state index contributed by atoms with van der Waals surface area (Å²) in [5, 5.41) is 10.5. The molecule has 1 atom stereocenters. The Morgan fingerprint density at radius 1 is 1.23 bits per heavy atom. The van der Waals surface area contributed by atoms with E-state index in [2.05, 4.69) is 15.6 Å². The highest BCUT2D eigenvalue weighted by Crippen LogP contribution is 2.36. The number of rotatable bonds is 11. The zero-order valence-electron chi connectivity index (χ0n) is 20.7. The average molecular weight is 601 g/mol. The Morgan fingerprint density at radius 2 is 1.90 bits per heavy atom. The Bertz CT molecular complexity index is 1540. The van der Waals surface area contributed by atoms with Gasteiger partial charge in [-0.15, -0.1) is 11.3 Å². The summed E-state index contributed by atoms with van der Waals surface area (Å²) in [7, 11) is -4.75. The molecule has 1 saturated carbocycles. The highest BCUT2D eigenvalue weighted by Gasteiger charge is 2.40. The van der Waals surface area contributed by atoms with Crippen LogP contribution in [0.4, 0.5) is 23.2 Å². The maximum Gasteiger partial charge on any atom is 0.390 e. The predicted molar refractivity (Wildman–Crippen MR) is 142 cm³/mol. The van der Waals surface area contributed by atoms with E-state index in [-0.39, 0.29) is 26.8 Å². The predicted octanol–water partition coefficient (Wildman–Crippen LogP) is 3.19. The van der Waals surface area contributed by atoms with E-state index in [0.717, 1.165) is 41.6 Å². The summed E-state index contributed by atoms with van der Waals surface area (Å²) in [4.78, 5) is 29.0. The van der Waals surface area contributed by atoms with Gasteiger partial charge in [0.25, 0.3) is 0 Å². The minimum Gasteiger partial charge on any atom is -0.352 e. The van der Waals surface area contributed by atoms with Crippen LogP contribution >= 0.6 is 11.3 Å². The van der Waals surface area contributed by atoms with Gasteiger partial charge in [-0.3, -0.25) is 20.0 Å². The van der Waals surface area contributed by atoms with Gasteiger partial charge in [-0.05, 0) is 36.6 Å². The zero-order valence-corrected chi connectivity index (χ0v) is 22.3. The van der Waals surface area contributed by atoms with Gasteiger partial charge in [-0.1, -0.05) is 12.1 Å². The Balaban J connectivity index is 1.66. The Labute approximate surface area is 230 Å². The molecule has 5 N–H and O–H groups in total. The molecule has 1 fully saturated rings. The van der Waals surface area contributed by atoms with E-state index < -0.39 is 57.6 Å². The van der Waals surface area contributed by atoms with Crippen LogP contribution in [0.5, 0.6) is 0 Å². The molecule has 1 aliphatic rings. The maximum atomic E-state index is 15.0. The number of carbonyl (C=O) groups is 2. The molecule has 1 heterocycles. The number of hydrogen-bond acceptors (Lipinski definition) is 8. The summed E-state index contributed by atoms with van der Waals surface area (Å²) in [5.41, 5.74) is 1.00. The molecule has 2 aromatic carbocycles. The van der Waals surface area contributed by atoms with Gasteiger partial charge in [0.1, 0.15) is 17.2 Å². The summed E-state index contributed by atoms with van der Waals surface area (Å²) in [6.07, 6.45) is -4.04. The monoisotopic (exact) mass is 600 g/mol. The fourth-order valence-electron chi connectivity index (χ4n) is 3.76. The standard InChI is InChI=1S/C24H24F4N6O4S2/c25-17-10-18-19(9-16(17)13-1-5-15(6-2-13)34(30)12-29)39-23(33-18)21(40(37,38)8-7-24(26,27)28)22(36)31-11-20(35)32-14-3-4-14/h1-2,5-6,9-10,12,14,21,29H,3-4,7-8,11,30H2,(H,31,36)(H,32,35). The van der Waals surface area contributed by atoms with Crippen LogP contribution in [-0.4, -0.2) is 56.1 Å². The highest BCUT2D eigenvalue weighted by molar-refractivity contribution is 7.92. The van der Waals surface area contributed by atoms with Crippen molar-refractivity contribution in [1.82, 2.24) is 15.6 Å². The fourth-order valence-corrected chi connectivity index (χ4v) is 6.83. The Hall–Kier alpha value is -3.63. The highest BCUT2D eigenvalue weighted by atomic mass is 32.2. The number of aromatic nitrogens is 1. The van der Waals surface area contributed by atoms with Crippen LogP contribution in [0.2, 0.25) is 0 Å². The van der Waals surface area contributed by atoms with Gasteiger partial charge in [0, 0.05) is 17.7 Å². The van der Waals surface area contributed by atoms with Gasteiger partial charge in [0.05, 0.1) is 34.6 Å². The second-order valence-electron chi connectivity index (χ2n) is 9.11. The molecule has 3 aromatic rings. The molecular formula is C24H24F4N6O4S2. The third-order valence-corrected chi connectivity index (χ3v) is 9.13. The molecule has 4 rings (SSSR count). The van der Waals surface area contributed by atoms with E-state index in [1.54, 1.807) is 24.3 Å². The quantitative estimate of drug-likeness (QED) is 0.0865. The number of fused-ring (bicyclic) bond motifs is 1. The van der Waals surface area contributed by atoms with Crippen LogP contribution in [0.3, 0.4) is 0 Å². The van der Waals surface area contributed by atoms with Gasteiger partial charge in [0.2, 0.25) is 11.8 Å². The fraction of sp³-hybridized carbons (Fsp3) is 0.333. The first-order chi connectivity index (χ1) is 18.8. The van der Waals surface area contributed by atoms with E-state index in [1.165, 1.54) is 6.07 Å². The van der Waals surface area contributed by atoms with Crippen LogP contribution in [-0.2, 0) is 19.4 Å². The summed E-state index contributed by atoms with van der Waals surface area (Å²) >= 11 is 0.720. The van der Waals surface area contributed by atoms with Crippen molar-refractivity contribution >= 4 is 55.2 Å². The average Bonchev–Trinajstić information content (AvgIpc) is 3.62. The van der Waals surface area contributed by atoms with E-state index in [0.29, 0.717) is 11.3 Å². The van der Waals surface area contributed by atoms with Crippen molar-refractivity contribution in [3.8, 4) is 11.1 Å². The first kappa shape index (κ1) is 29.4. The molecule has 40 heavy (non-hydrogen) atoms. The van der Waals surface area contributed by atoms with Crippen molar-refractivity contribution in [2.24, 2.45) is 5.84 Å². The molecule has 0 aliphatic heterocycles. The van der Waals surface area contributed by atoms with Crippen molar-refractivity contribution < 1.29 is 35.6 Å². The summed E-state index contributed by atoms with van der Waals surface area (Å²) in [6, 6.07) is 8.60. The third kappa shape index (κ3) is 7.11. The van der Waals surface area contributed by atoms with Crippen LogP contribution in [0.15, 0.2) is 36.4 Å². The number of halogens is 4. The van der Waals surface area contributed by atoms with E-state index in [9.17, 15) is 31.2 Å². The van der Waals surface area contributed by atoms with E-state index in [1.807, 2.05) is 0 Å². The van der Waals surface area contributed by atoms with Crippen molar-refractivity contribution in [3.05, 3.63) is 47.2 Å². The molecule has 0 saturated heterocycles. The molecule has 0 radical (unpaired) electrons. The number of carbonyl (C=O) groups excluding carboxylic acids is 2. The zero-order chi connectivity index (χ0) is 29.2. The van der Waals surface area contributed by atoms with Gasteiger partial charge in [-0.2, -0.15) is 13.2 Å². The number of hydrazine groups is 1. The maximum absolute atomic E-state index is 15.0. The molecule has 16 heteroatoms. The molecule has 0 spiro atoms. The van der Waals surface area contributed by atoms with E-state index in [4.69, 9.17) is 11.3 Å². The summed E-state index contributed by atoms with van der Waals surface area (Å²) < 4.78 is 79.9. The SMILES string of the molecule is N=CN(N)c1ccc(-c2cc3sc(C(C(=O)NCC(=O)NC4CC4)S(=O)(=O)CCC(F)(F)F)nc3cc2F)cc1. The first-order valence-corrected chi connectivity index (χ1v) is 14.4. The molecule has 1 unspecified atom stereocenters. The summed E-state index contributed by atoms with van der Waals surface area (Å²) in [6.45, 7) is -0.571. The smallest absolute Gasteiger partial charge is 0.352 e. The van der Waals surface area contributed by atoms with Crippen LogP contribution in [0, 0.1) is 11.2 Å². The lowest BCUT2D eigenvalue weighted by atomic mass is 10.0. The molecular weight excluding hydrogens is 576 g/mol. The first-order valence-electron chi connectivity index (χ1n) is 11.9. The van der Waals surface area contributed by atoms with Crippen molar-refractivity contribution in [3.63, 3.8) is 0 Å². The lowest BCUT2D eigenvalue weighted by Crippen LogP contribution is -2.41. The molecule has 2 amide bonds. The van der Waals surface area contributed by atoms with Crippen molar-refractivity contribution in [2.45, 2.75) is 36.7 Å². The Morgan fingerprint density at radius 3 is 2.50 bits per heavy atom. The molecule has 214 valence electrons. The number of nitrogens with two attached hydrogens (primary N) is 1. The second kappa shape index (κ2) is 11.5. The van der Waals surface area contributed by atoms with Crippen LogP contribution in [0.25, 0.3) is 21.3 Å². The number of hydrogen-bond donors (Lipinski definition) is 4. The number of alkyl halides is 3. The number of nitrogens with one attached hydrogen (secondary N) is 3. The minimum absolute atomic E-state index is 0.00473. The summed E-state index contributed by atoms with van der Waals surface area (Å²) in [5.74, 6) is 1.76. The molecule has 1 aromatic heterocycles. The number of thiazole rings is 1. The normalized spacial score (nSPS) is 14.5.